The van der Waals surface area contributed by atoms with E-state index in [1.165, 1.54) is 19.1 Å². The number of nitrogens with zero attached hydrogens (tertiary/aromatic N) is 1. The van der Waals surface area contributed by atoms with Crippen molar-refractivity contribution in [3.8, 4) is 0 Å². The Morgan fingerprint density at radius 2 is 1.92 bits per heavy atom. The van der Waals surface area contributed by atoms with E-state index in [2.05, 4.69) is 10.6 Å². The van der Waals surface area contributed by atoms with E-state index >= 15 is 0 Å². The second-order valence-electron chi connectivity index (χ2n) is 6.52. The van der Waals surface area contributed by atoms with Gasteiger partial charge in [0.25, 0.3) is 17.5 Å². The summed E-state index contributed by atoms with van der Waals surface area (Å²) in [6, 6.07) is 2.46. The number of nitro groups is 1. The van der Waals surface area contributed by atoms with Gasteiger partial charge in [0, 0.05) is 17.2 Å². The molecule has 1 aromatic carbocycles. The molecule has 0 aliphatic heterocycles. The van der Waals surface area contributed by atoms with Crippen molar-refractivity contribution < 1.29 is 24.0 Å². The molecule has 2 N–H and O–H groups in total. The summed E-state index contributed by atoms with van der Waals surface area (Å²) < 4.78 is 4.83. The van der Waals surface area contributed by atoms with Gasteiger partial charge >= 0.3 is 5.97 Å². The normalized spacial score (nSPS) is 12.0. The number of amides is 2. The van der Waals surface area contributed by atoms with Gasteiger partial charge in [-0.1, -0.05) is 11.6 Å². The van der Waals surface area contributed by atoms with Gasteiger partial charge in [0.15, 0.2) is 6.61 Å². The third kappa shape index (κ3) is 6.67. The molecule has 0 saturated heterocycles. The molecule has 1 rings (SSSR count). The lowest BCUT2D eigenvalue weighted by Crippen LogP contribution is -2.44. The van der Waals surface area contributed by atoms with Crippen LogP contribution >= 0.6 is 11.6 Å². The largest absolute Gasteiger partial charge is 0.454 e. The highest BCUT2D eigenvalue weighted by Gasteiger charge is 2.22. The second-order valence-corrected chi connectivity index (χ2v) is 6.93. The predicted octanol–water partition coefficient (Wildman–Crippen LogP) is 1.82. The molecule has 0 heterocycles. The maximum Gasteiger partial charge on any atom is 0.328 e. The van der Waals surface area contributed by atoms with Gasteiger partial charge in [-0.25, -0.2) is 4.79 Å². The molecule has 0 radical (unpaired) electrons. The first-order valence-electron chi connectivity index (χ1n) is 7.63. The molecule has 0 unspecified atom stereocenters. The molecule has 142 valence electrons. The summed E-state index contributed by atoms with van der Waals surface area (Å²) in [7, 11) is 0. The van der Waals surface area contributed by atoms with Gasteiger partial charge in [0.2, 0.25) is 0 Å². The number of benzene rings is 1. The van der Waals surface area contributed by atoms with Crippen LogP contribution in [0, 0.1) is 10.1 Å². The summed E-state index contributed by atoms with van der Waals surface area (Å²) >= 11 is 5.68. The number of nitrogens with one attached hydrogen (secondary N) is 2. The first-order valence-corrected chi connectivity index (χ1v) is 8.01. The Labute approximate surface area is 155 Å². The highest BCUT2D eigenvalue weighted by Crippen LogP contribution is 2.25. The van der Waals surface area contributed by atoms with Crippen LogP contribution in [0.4, 0.5) is 5.69 Å². The Hall–Kier alpha value is -2.68. The van der Waals surface area contributed by atoms with E-state index in [0.29, 0.717) is 0 Å². The number of hydrogen-bond donors (Lipinski definition) is 2. The Morgan fingerprint density at radius 3 is 2.46 bits per heavy atom. The van der Waals surface area contributed by atoms with Crippen molar-refractivity contribution >= 4 is 35.1 Å². The first-order chi connectivity index (χ1) is 11.9. The molecule has 0 aliphatic carbocycles. The number of carbonyl (C=O) groups is 3. The third-order valence-corrected chi connectivity index (χ3v) is 3.29. The predicted molar refractivity (Wildman–Crippen MR) is 93.9 cm³/mol. The zero-order chi connectivity index (χ0) is 20.1. The first kappa shape index (κ1) is 21.4. The van der Waals surface area contributed by atoms with Gasteiger partial charge < -0.3 is 15.4 Å². The molecule has 1 aromatic rings. The second kappa shape index (κ2) is 8.61. The van der Waals surface area contributed by atoms with Crippen LogP contribution in [0.5, 0.6) is 0 Å². The van der Waals surface area contributed by atoms with E-state index in [1.54, 1.807) is 20.8 Å². The van der Waals surface area contributed by atoms with Crippen LogP contribution in [0.15, 0.2) is 18.2 Å². The molecule has 1 atom stereocenters. The summed E-state index contributed by atoms with van der Waals surface area (Å²) in [6.07, 6.45) is 0. The van der Waals surface area contributed by atoms with E-state index < -0.39 is 46.6 Å². The van der Waals surface area contributed by atoms with Crippen molar-refractivity contribution in [3.63, 3.8) is 0 Å². The topological polar surface area (TPSA) is 128 Å². The van der Waals surface area contributed by atoms with Crippen LogP contribution in [0.25, 0.3) is 0 Å². The van der Waals surface area contributed by atoms with Gasteiger partial charge in [0.05, 0.1) is 4.92 Å². The summed E-state index contributed by atoms with van der Waals surface area (Å²) in [5, 5.41) is 15.7. The molecular formula is C16H20ClN3O6. The van der Waals surface area contributed by atoms with E-state index in [9.17, 15) is 24.5 Å². The van der Waals surface area contributed by atoms with E-state index in [1.807, 2.05) is 0 Å². The maximum absolute atomic E-state index is 12.1. The lowest BCUT2D eigenvalue weighted by molar-refractivity contribution is -0.384. The summed E-state index contributed by atoms with van der Waals surface area (Å²) in [5.41, 5.74) is -0.924. The van der Waals surface area contributed by atoms with Crippen LogP contribution in [-0.2, 0) is 14.3 Å². The number of halogens is 1. The van der Waals surface area contributed by atoms with Gasteiger partial charge in [-0.2, -0.15) is 0 Å². The van der Waals surface area contributed by atoms with Crippen LogP contribution < -0.4 is 10.6 Å². The average Bonchev–Trinajstić information content (AvgIpc) is 2.50. The zero-order valence-electron chi connectivity index (χ0n) is 14.8. The fourth-order valence-corrected chi connectivity index (χ4v) is 2.04. The van der Waals surface area contributed by atoms with Crippen LogP contribution in [-0.4, -0.2) is 40.9 Å². The van der Waals surface area contributed by atoms with E-state index in [0.717, 1.165) is 6.07 Å². The van der Waals surface area contributed by atoms with Gasteiger partial charge in [-0.05, 0) is 39.8 Å². The molecule has 0 bridgehead atoms. The summed E-state index contributed by atoms with van der Waals surface area (Å²) in [6.45, 7) is 6.22. The Kier molecular flexibility index (Phi) is 7.08. The summed E-state index contributed by atoms with van der Waals surface area (Å²) in [4.78, 5) is 45.7. The SMILES string of the molecule is C[C@H](NC(=O)c1ccc(Cl)c([N+](=O)[O-])c1)C(=O)OCC(=O)NC(C)(C)C. The van der Waals surface area contributed by atoms with Gasteiger partial charge in [-0.3, -0.25) is 19.7 Å². The highest BCUT2D eigenvalue weighted by atomic mass is 35.5. The molecule has 26 heavy (non-hydrogen) atoms. The number of carbonyl (C=O) groups excluding carboxylic acids is 3. The lowest BCUT2D eigenvalue weighted by Gasteiger charge is -2.20. The third-order valence-electron chi connectivity index (χ3n) is 2.97. The fraction of sp³-hybridized carbons (Fsp3) is 0.438. The number of hydrogen-bond acceptors (Lipinski definition) is 6. The van der Waals surface area contributed by atoms with E-state index in [-0.39, 0.29) is 10.6 Å². The Bertz CT molecular complexity index is 729. The molecule has 0 saturated carbocycles. The number of esters is 1. The molecule has 0 aromatic heterocycles. The smallest absolute Gasteiger partial charge is 0.328 e. The van der Waals surface area contributed by atoms with Crippen LogP contribution in [0.1, 0.15) is 38.1 Å². The van der Waals surface area contributed by atoms with E-state index in [4.69, 9.17) is 16.3 Å². The summed E-state index contributed by atoms with van der Waals surface area (Å²) in [5.74, 6) is -2.00. The van der Waals surface area contributed by atoms with Gasteiger partial charge in [0.1, 0.15) is 11.1 Å². The van der Waals surface area contributed by atoms with Crippen molar-refractivity contribution in [1.82, 2.24) is 10.6 Å². The fourth-order valence-electron chi connectivity index (χ4n) is 1.85. The molecule has 0 fully saturated rings. The van der Waals surface area contributed by atoms with Crippen molar-refractivity contribution in [1.29, 1.82) is 0 Å². The van der Waals surface area contributed by atoms with Crippen LogP contribution in [0.3, 0.4) is 0 Å². The monoisotopic (exact) mass is 385 g/mol. The molecule has 0 aliphatic rings. The Balaban J connectivity index is 2.64. The number of rotatable bonds is 6. The lowest BCUT2D eigenvalue weighted by atomic mass is 10.1. The minimum absolute atomic E-state index is 0.0359. The molecule has 0 spiro atoms. The highest BCUT2D eigenvalue weighted by molar-refractivity contribution is 6.32. The van der Waals surface area contributed by atoms with Crippen molar-refractivity contribution in [2.45, 2.75) is 39.3 Å². The minimum Gasteiger partial charge on any atom is -0.454 e. The number of nitro benzene ring substituents is 1. The molecule has 9 nitrogen and oxygen atoms in total. The Morgan fingerprint density at radius 1 is 1.31 bits per heavy atom. The molecule has 10 heteroatoms. The van der Waals surface area contributed by atoms with Crippen molar-refractivity contribution in [2.75, 3.05) is 6.61 Å². The zero-order valence-corrected chi connectivity index (χ0v) is 15.5. The molecular weight excluding hydrogens is 366 g/mol. The average molecular weight is 386 g/mol. The number of ether oxygens (including phenoxy) is 1. The standard InChI is InChI=1S/C16H20ClN3O6/c1-9(15(23)26-8-13(21)19-16(2,3)4)18-14(22)10-5-6-11(17)12(7-10)20(24)25/h5-7,9H,8H2,1-4H3,(H,18,22)(H,19,21)/t9-/m0/s1. The quantitative estimate of drug-likeness (QED) is 0.436. The van der Waals surface area contributed by atoms with Crippen molar-refractivity contribution in [2.24, 2.45) is 0 Å². The van der Waals surface area contributed by atoms with Gasteiger partial charge in [-0.15, -0.1) is 0 Å². The van der Waals surface area contributed by atoms with Crippen LogP contribution in [0.2, 0.25) is 5.02 Å². The maximum atomic E-state index is 12.1. The minimum atomic E-state index is -1.06. The van der Waals surface area contributed by atoms with Crippen molar-refractivity contribution in [3.05, 3.63) is 38.9 Å². The molecule has 2 amide bonds.